The maximum absolute atomic E-state index is 11.3. The largest absolute Gasteiger partial charge is 0.393 e. The lowest BCUT2D eigenvalue weighted by Gasteiger charge is -2.01. The lowest BCUT2D eigenvalue weighted by molar-refractivity contribution is 1.13. The number of rotatable bonds is 1. The smallest absolute Gasteiger partial charge is 0.274 e. The highest BCUT2D eigenvalue weighted by molar-refractivity contribution is 9.10. The van der Waals surface area contributed by atoms with Crippen molar-refractivity contribution >= 4 is 21.6 Å². The molecule has 4 nitrogen and oxygen atoms in total. The van der Waals surface area contributed by atoms with Crippen molar-refractivity contribution in [2.45, 2.75) is 0 Å². The maximum atomic E-state index is 11.3. The second-order valence-electron chi connectivity index (χ2n) is 3.03. The van der Waals surface area contributed by atoms with Crippen LogP contribution in [0.3, 0.4) is 0 Å². The molecule has 0 unspecified atom stereocenters. The molecule has 15 heavy (non-hydrogen) atoms. The SMILES string of the molecule is Nc1cnc(-c2cccc(Br)c2)[nH]c1=O. The summed E-state index contributed by atoms with van der Waals surface area (Å²) < 4.78 is 0.930. The zero-order chi connectivity index (χ0) is 10.8. The highest BCUT2D eigenvalue weighted by Crippen LogP contribution is 2.18. The number of benzene rings is 1. The first-order valence-electron chi connectivity index (χ1n) is 4.27. The molecule has 1 heterocycles. The number of nitrogen functional groups attached to an aromatic ring is 1. The van der Waals surface area contributed by atoms with E-state index in [1.165, 1.54) is 6.20 Å². The standard InChI is InChI=1S/C10H8BrN3O/c11-7-3-1-2-6(4-7)9-13-5-8(12)10(15)14-9/h1-5H,12H2,(H,13,14,15). The number of hydrogen-bond donors (Lipinski definition) is 2. The van der Waals surface area contributed by atoms with E-state index in [0.29, 0.717) is 5.82 Å². The monoisotopic (exact) mass is 265 g/mol. The minimum absolute atomic E-state index is 0.119. The number of nitrogens with zero attached hydrogens (tertiary/aromatic N) is 1. The van der Waals surface area contributed by atoms with E-state index in [1.807, 2.05) is 24.3 Å². The molecule has 3 N–H and O–H groups in total. The van der Waals surface area contributed by atoms with Crippen LogP contribution in [0.15, 0.2) is 39.7 Å². The summed E-state index contributed by atoms with van der Waals surface area (Å²) in [5, 5.41) is 0. The summed E-state index contributed by atoms with van der Waals surface area (Å²) in [6.45, 7) is 0. The number of aromatic nitrogens is 2. The Morgan fingerprint density at radius 1 is 1.40 bits per heavy atom. The van der Waals surface area contributed by atoms with Crippen molar-refractivity contribution in [2.24, 2.45) is 0 Å². The van der Waals surface area contributed by atoms with Crippen LogP contribution < -0.4 is 11.3 Å². The van der Waals surface area contributed by atoms with Crippen molar-refractivity contribution in [3.63, 3.8) is 0 Å². The number of aromatic amines is 1. The van der Waals surface area contributed by atoms with Crippen molar-refractivity contribution in [2.75, 3.05) is 5.73 Å². The third kappa shape index (κ3) is 2.07. The zero-order valence-corrected chi connectivity index (χ0v) is 9.28. The Morgan fingerprint density at radius 2 is 2.20 bits per heavy atom. The van der Waals surface area contributed by atoms with E-state index < -0.39 is 0 Å². The van der Waals surface area contributed by atoms with Crippen LogP contribution >= 0.6 is 15.9 Å². The molecule has 0 atom stereocenters. The normalized spacial score (nSPS) is 10.2. The number of H-pyrrole nitrogens is 1. The van der Waals surface area contributed by atoms with Gasteiger partial charge in [-0.2, -0.15) is 0 Å². The predicted octanol–water partition coefficient (Wildman–Crippen LogP) is 1.78. The Hall–Kier alpha value is -1.62. The van der Waals surface area contributed by atoms with Gasteiger partial charge in [0.05, 0.1) is 6.20 Å². The molecular formula is C10H8BrN3O. The molecule has 0 fully saturated rings. The van der Waals surface area contributed by atoms with Crippen molar-refractivity contribution in [3.8, 4) is 11.4 Å². The fraction of sp³-hybridized carbons (Fsp3) is 0. The Balaban J connectivity index is 2.55. The third-order valence-corrected chi connectivity index (χ3v) is 2.42. The van der Waals surface area contributed by atoms with E-state index in [0.717, 1.165) is 10.0 Å². The van der Waals surface area contributed by atoms with Gasteiger partial charge in [0, 0.05) is 10.0 Å². The van der Waals surface area contributed by atoms with E-state index in [2.05, 4.69) is 25.9 Å². The van der Waals surface area contributed by atoms with Gasteiger partial charge in [-0.25, -0.2) is 4.98 Å². The summed E-state index contributed by atoms with van der Waals surface area (Å²) in [4.78, 5) is 17.9. The Labute approximate surface area is 94.3 Å². The maximum Gasteiger partial charge on any atom is 0.274 e. The van der Waals surface area contributed by atoms with Gasteiger partial charge in [-0.15, -0.1) is 0 Å². The van der Waals surface area contributed by atoms with Crippen LogP contribution in [0.25, 0.3) is 11.4 Å². The quantitative estimate of drug-likeness (QED) is 0.826. The second-order valence-corrected chi connectivity index (χ2v) is 3.94. The summed E-state index contributed by atoms with van der Waals surface area (Å²) in [5.74, 6) is 0.510. The molecular weight excluding hydrogens is 258 g/mol. The summed E-state index contributed by atoms with van der Waals surface area (Å²) >= 11 is 3.35. The van der Waals surface area contributed by atoms with Gasteiger partial charge in [0.2, 0.25) is 0 Å². The van der Waals surface area contributed by atoms with E-state index in [-0.39, 0.29) is 11.2 Å². The van der Waals surface area contributed by atoms with Crippen molar-refractivity contribution in [3.05, 3.63) is 45.3 Å². The summed E-state index contributed by atoms with van der Waals surface area (Å²) in [6, 6.07) is 7.50. The highest BCUT2D eigenvalue weighted by atomic mass is 79.9. The molecule has 0 saturated carbocycles. The second kappa shape index (κ2) is 3.86. The van der Waals surface area contributed by atoms with Crippen molar-refractivity contribution in [1.82, 2.24) is 9.97 Å². The minimum atomic E-state index is -0.319. The van der Waals surface area contributed by atoms with Crippen LogP contribution in [0, 0.1) is 0 Å². The molecule has 0 amide bonds. The highest BCUT2D eigenvalue weighted by Gasteiger charge is 2.02. The van der Waals surface area contributed by atoms with E-state index in [9.17, 15) is 4.79 Å². The first-order chi connectivity index (χ1) is 7.16. The molecule has 5 heteroatoms. The predicted molar refractivity (Wildman–Crippen MR) is 62.4 cm³/mol. The molecule has 76 valence electrons. The van der Waals surface area contributed by atoms with Gasteiger partial charge < -0.3 is 10.7 Å². The average molecular weight is 266 g/mol. The summed E-state index contributed by atoms with van der Waals surface area (Å²) in [6.07, 6.45) is 1.36. The molecule has 2 rings (SSSR count). The Bertz CT molecular complexity index is 550. The van der Waals surface area contributed by atoms with Gasteiger partial charge >= 0.3 is 0 Å². The van der Waals surface area contributed by atoms with Crippen LogP contribution in [0.5, 0.6) is 0 Å². The number of anilines is 1. The minimum Gasteiger partial charge on any atom is -0.393 e. The topological polar surface area (TPSA) is 71.8 Å². The molecule has 0 bridgehead atoms. The van der Waals surface area contributed by atoms with E-state index in [4.69, 9.17) is 5.73 Å². The van der Waals surface area contributed by atoms with Crippen LogP contribution in [-0.2, 0) is 0 Å². The average Bonchev–Trinajstić information content (AvgIpc) is 2.22. The number of hydrogen-bond acceptors (Lipinski definition) is 3. The molecule has 0 aliphatic carbocycles. The van der Waals surface area contributed by atoms with Gasteiger partial charge in [0.15, 0.2) is 0 Å². The van der Waals surface area contributed by atoms with E-state index >= 15 is 0 Å². The number of halogens is 1. The van der Waals surface area contributed by atoms with Gasteiger partial charge in [-0.3, -0.25) is 4.79 Å². The molecule has 0 aliphatic rings. The molecule has 1 aromatic carbocycles. The molecule has 1 aromatic heterocycles. The summed E-state index contributed by atoms with van der Waals surface area (Å²) in [7, 11) is 0. The Morgan fingerprint density at radius 3 is 2.87 bits per heavy atom. The van der Waals surface area contributed by atoms with Gasteiger partial charge in [-0.1, -0.05) is 28.1 Å². The lowest BCUT2D eigenvalue weighted by atomic mass is 10.2. The fourth-order valence-corrected chi connectivity index (χ4v) is 1.59. The fourth-order valence-electron chi connectivity index (χ4n) is 1.19. The molecule has 0 spiro atoms. The Kier molecular flexibility index (Phi) is 2.55. The number of nitrogens with one attached hydrogen (secondary N) is 1. The number of nitrogens with two attached hydrogens (primary N) is 1. The zero-order valence-electron chi connectivity index (χ0n) is 7.70. The van der Waals surface area contributed by atoms with Crippen molar-refractivity contribution < 1.29 is 0 Å². The van der Waals surface area contributed by atoms with Gasteiger partial charge in [-0.05, 0) is 12.1 Å². The molecule has 0 saturated heterocycles. The molecule has 2 aromatic rings. The van der Waals surface area contributed by atoms with Gasteiger partial charge in [0.1, 0.15) is 11.5 Å². The first kappa shape index (κ1) is 9.92. The van der Waals surface area contributed by atoms with Crippen LogP contribution in [0.1, 0.15) is 0 Å². The first-order valence-corrected chi connectivity index (χ1v) is 5.07. The van der Waals surface area contributed by atoms with Crippen LogP contribution in [-0.4, -0.2) is 9.97 Å². The van der Waals surface area contributed by atoms with Gasteiger partial charge in [0.25, 0.3) is 5.56 Å². The summed E-state index contributed by atoms with van der Waals surface area (Å²) in [5.41, 5.74) is 6.02. The van der Waals surface area contributed by atoms with E-state index in [1.54, 1.807) is 0 Å². The molecule has 0 radical (unpaired) electrons. The van der Waals surface area contributed by atoms with Crippen LogP contribution in [0.4, 0.5) is 5.69 Å². The molecule has 0 aliphatic heterocycles. The van der Waals surface area contributed by atoms with Crippen molar-refractivity contribution in [1.29, 1.82) is 0 Å². The van der Waals surface area contributed by atoms with Crippen LogP contribution in [0.2, 0.25) is 0 Å². The lowest BCUT2D eigenvalue weighted by Crippen LogP contribution is -2.13. The third-order valence-electron chi connectivity index (χ3n) is 1.92.